The zero-order chi connectivity index (χ0) is 14.7. The van der Waals surface area contributed by atoms with Gasteiger partial charge in [0.1, 0.15) is 11.9 Å². The highest BCUT2D eigenvalue weighted by Crippen LogP contribution is 2.25. The van der Waals surface area contributed by atoms with Crippen LogP contribution in [0.1, 0.15) is 15.9 Å². The first-order valence-electron chi connectivity index (χ1n) is 5.61. The van der Waals surface area contributed by atoms with Gasteiger partial charge < -0.3 is 16.2 Å². The fourth-order valence-electron chi connectivity index (χ4n) is 1.65. The van der Waals surface area contributed by atoms with Crippen molar-refractivity contribution >= 4 is 23.0 Å². The van der Waals surface area contributed by atoms with Gasteiger partial charge >= 0.3 is 5.97 Å². The third kappa shape index (κ3) is 2.67. The maximum absolute atomic E-state index is 13.2. The number of carbonyl (C=O) groups is 1. The molecule has 0 heterocycles. The summed E-state index contributed by atoms with van der Waals surface area (Å²) in [5.41, 5.74) is 6.93. The normalized spacial score (nSPS) is 9.80. The number of hydrogen-bond donors (Lipinski definition) is 3. The molecule has 4 N–H and O–H groups in total. The van der Waals surface area contributed by atoms with Crippen LogP contribution in [0.2, 0.25) is 0 Å². The van der Waals surface area contributed by atoms with Crippen LogP contribution >= 0.6 is 0 Å². The molecule has 0 aromatic heterocycles. The summed E-state index contributed by atoms with van der Waals surface area (Å²) < 4.78 is 13.2. The van der Waals surface area contributed by atoms with Crippen molar-refractivity contribution < 1.29 is 14.3 Å². The number of carboxylic acid groups (broad SMARTS) is 1. The lowest BCUT2D eigenvalue weighted by Gasteiger charge is -2.10. The number of nitrogens with zero attached hydrogens (tertiary/aromatic N) is 1. The van der Waals surface area contributed by atoms with Crippen molar-refractivity contribution in [2.24, 2.45) is 0 Å². The fourth-order valence-corrected chi connectivity index (χ4v) is 1.65. The Morgan fingerprint density at radius 3 is 2.65 bits per heavy atom. The van der Waals surface area contributed by atoms with E-state index < -0.39 is 11.8 Å². The molecule has 0 aliphatic rings. The van der Waals surface area contributed by atoms with E-state index in [1.54, 1.807) is 6.07 Å². The van der Waals surface area contributed by atoms with Crippen molar-refractivity contribution in [2.75, 3.05) is 11.1 Å². The largest absolute Gasteiger partial charge is 0.478 e. The number of benzene rings is 2. The monoisotopic (exact) mass is 271 g/mol. The number of anilines is 3. The van der Waals surface area contributed by atoms with Gasteiger partial charge in [-0.05, 0) is 36.4 Å². The molecule has 0 amide bonds. The van der Waals surface area contributed by atoms with E-state index in [-0.39, 0.29) is 16.8 Å². The molecule has 2 aromatic rings. The van der Waals surface area contributed by atoms with Crippen LogP contribution in [0.5, 0.6) is 0 Å². The van der Waals surface area contributed by atoms with Crippen LogP contribution in [0, 0.1) is 17.1 Å². The Bertz CT molecular complexity index is 723. The predicted molar refractivity (Wildman–Crippen MR) is 72.2 cm³/mol. The molecule has 100 valence electrons. The van der Waals surface area contributed by atoms with E-state index in [4.69, 9.17) is 16.1 Å². The second kappa shape index (κ2) is 5.28. The summed E-state index contributed by atoms with van der Waals surface area (Å²) in [4.78, 5) is 10.8. The van der Waals surface area contributed by atoms with Crippen LogP contribution < -0.4 is 11.1 Å². The number of halogens is 1. The Morgan fingerprint density at radius 1 is 1.30 bits per heavy atom. The van der Waals surface area contributed by atoms with Gasteiger partial charge in [0.15, 0.2) is 0 Å². The summed E-state index contributed by atoms with van der Waals surface area (Å²) in [7, 11) is 0. The maximum Gasteiger partial charge on any atom is 0.335 e. The first kappa shape index (κ1) is 13.4. The minimum absolute atomic E-state index is 0.0740. The Morgan fingerprint density at radius 2 is 2.05 bits per heavy atom. The zero-order valence-corrected chi connectivity index (χ0v) is 10.2. The van der Waals surface area contributed by atoms with Gasteiger partial charge in [-0.2, -0.15) is 5.26 Å². The smallest absolute Gasteiger partial charge is 0.335 e. The number of nitriles is 1. The minimum Gasteiger partial charge on any atom is -0.478 e. The van der Waals surface area contributed by atoms with Gasteiger partial charge in [-0.3, -0.25) is 0 Å². The first-order valence-corrected chi connectivity index (χ1v) is 5.61. The molecule has 0 saturated carbocycles. The lowest BCUT2D eigenvalue weighted by Crippen LogP contribution is -2.01. The molecule has 0 radical (unpaired) electrons. The van der Waals surface area contributed by atoms with Crippen molar-refractivity contribution in [2.45, 2.75) is 0 Å². The summed E-state index contributed by atoms with van der Waals surface area (Å²) >= 11 is 0. The van der Waals surface area contributed by atoms with E-state index in [2.05, 4.69) is 5.32 Å². The molecule has 0 fully saturated rings. The molecule has 6 heteroatoms. The van der Waals surface area contributed by atoms with Gasteiger partial charge in [0.2, 0.25) is 0 Å². The van der Waals surface area contributed by atoms with Gasteiger partial charge in [0.05, 0.1) is 22.5 Å². The lowest BCUT2D eigenvalue weighted by atomic mass is 10.1. The van der Waals surface area contributed by atoms with Gasteiger partial charge in [0.25, 0.3) is 0 Å². The molecule has 0 saturated heterocycles. The summed E-state index contributed by atoms with van der Waals surface area (Å²) in [5, 5.41) is 20.5. The summed E-state index contributed by atoms with van der Waals surface area (Å²) in [6, 6.07) is 9.94. The average molecular weight is 271 g/mol. The van der Waals surface area contributed by atoms with E-state index in [0.717, 1.165) is 0 Å². The first-order chi connectivity index (χ1) is 9.51. The standard InChI is InChI=1S/C14H10FN3O2/c15-11-3-2-10(5-9(11)7-16)18-13-4-1-8(14(19)20)6-12(13)17/h1-6,18H,17H2,(H,19,20). The number of nitrogens with two attached hydrogens (primary N) is 1. The predicted octanol–water partition coefficient (Wildman–Crippen LogP) is 2.72. The highest BCUT2D eigenvalue weighted by Gasteiger charge is 2.08. The van der Waals surface area contributed by atoms with Crippen molar-refractivity contribution in [3.05, 3.63) is 53.3 Å². The Labute approximate surface area is 114 Å². The molecule has 0 bridgehead atoms. The van der Waals surface area contributed by atoms with Crippen LogP contribution in [0.15, 0.2) is 36.4 Å². The van der Waals surface area contributed by atoms with Crippen LogP contribution in [-0.4, -0.2) is 11.1 Å². The highest BCUT2D eigenvalue weighted by molar-refractivity contribution is 5.90. The Hall–Kier alpha value is -3.07. The van der Waals surface area contributed by atoms with E-state index in [1.807, 2.05) is 0 Å². The molecular formula is C14H10FN3O2. The van der Waals surface area contributed by atoms with E-state index in [9.17, 15) is 9.18 Å². The van der Waals surface area contributed by atoms with Crippen molar-refractivity contribution in [1.29, 1.82) is 5.26 Å². The Balaban J connectivity index is 2.31. The molecule has 20 heavy (non-hydrogen) atoms. The number of hydrogen-bond acceptors (Lipinski definition) is 4. The molecular weight excluding hydrogens is 261 g/mol. The quantitative estimate of drug-likeness (QED) is 0.745. The summed E-state index contributed by atoms with van der Waals surface area (Å²) in [6.07, 6.45) is 0. The molecule has 2 aromatic carbocycles. The van der Waals surface area contributed by atoms with E-state index in [1.165, 1.54) is 36.4 Å². The minimum atomic E-state index is -1.07. The van der Waals surface area contributed by atoms with Crippen molar-refractivity contribution in [3.63, 3.8) is 0 Å². The summed E-state index contributed by atoms with van der Waals surface area (Å²) in [6.45, 7) is 0. The number of nitrogen functional groups attached to an aromatic ring is 1. The molecule has 2 rings (SSSR count). The average Bonchev–Trinajstić information content (AvgIpc) is 2.42. The van der Waals surface area contributed by atoms with E-state index in [0.29, 0.717) is 11.4 Å². The number of rotatable bonds is 3. The topological polar surface area (TPSA) is 99.1 Å². The fraction of sp³-hybridized carbons (Fsp3) is 0. The number of carboxylic acids is 1. The third-order valence-electron chi connectivity index (χ3n) is 2.66. The number of nitrogens with one attached hydrogen (secondary N) is 1. The Kier molecular flexibility index (Phi) is 3.53. The highest BCUT2D eigenvalue weighted by atomic mass is 19.1. The van der Waals surface area contributed by atoms with Crippen LogP contribution in [0.4, 0.5) is 21.5 Å². The number of aromatic carboxylic acids is 1. The maximum atomic E-state index is 13.2. The van der Waals surface area contributed by atoms with Crippen molar-refractivity contribution in [3.8, 4) is 6.07 Å². The van der Waals surface area contributed by atoms with Gasteiger partial charge in [-0.15, -0.1) is 0 Å². The van der Waals surface area contributed by atoms with E-state index >= 15 is 0 Å². The van der Waals surface area contributed by atoms with Crippen LogP contribution in [-0.2, 0) is 0 Å². The summed E-state index contributed by atoms with van der Waals surface area (Å²) in [5.74, 6) is -1.68. The van der Waals surface area contributed by atoms with Crippen LogP contribution in [0.25, 0.3) is 0 Å². The van der Waals surface area contributed by atoms with Gasteiger partial charge in [0, 0.05) is 5.69 Å². The molecule has 5 nitrogen and oxygen atoms in total. The second-order valence-corrected chi connectivity index (χ2v) is 4.04. The van der Waals surface area contributed by atoms with Crippen LogP contribution in [0.3, 0.4) is 0 Å². The molecule has 0 spiro atoms. The van der Waals surface area contributed by atoms with Gasteiger partial charge in [-0.25, -0.2) is 9.18 Å². The lowest BCUT2D eigenvalue weighted by molar-refractivity contribution is 0.0697. The second-order valence-electron chi connectivity index (χ2n) is 4.04. The molecule has 0 atom stereocenters. The molecule has 0 unspecified atom stereocenters. The molecule has 0 aliphatic carbocycles. The van der Waals surface area contributed by atoms with Gasteiger partial charge in [-0.1, -0.05) is 0 Å². The molecule has 0 aliphatic heterocycles. The van der Waals surface area contributed by atoms with Crippen molar-refractivity contribution in [1.82, 2.24) is 0 Å². The zero-order valence-electron chi connectivity index (χ0n) is 10.2. The SMILES string of the molecule is N#Cc1cc(Nc2ccc(C(=O)O)cc2N)ccc1F. The third-order valence-corrected chi connectivity index (χ3v) is 2.66.